The van der Waals surface area contributed by atoms with Crippen LogP contribution < -0.4 is 5.73 Å². The number of hydrogen-bond acceptors (Lipinski definition) is 4. The molecule has 0 bridgehead atoms. The summed E-state index contributed by atoms with van der Waals surface area (Å²) in [5.74, 6) is -0.0116. The molecule has 6 heteroatoms. The third kappa shape index (κ3) is 1.43. The maximum absolute atomic E-state index is 13.0. The van der Waals surface area contributed by atoms with Crippen LogP contribution in [-0.4, -0.2) is 14.3 Å². The average molecular weight is 234 g/mol. The van der Waals surface area contributed by atoms with Gasteiger partial charge in [-0.3, -0.25) is 0 Å². The molecule has 2 aromatic heterocycles. The van der Waals surface area contributed by atoms with Crippen molar-refractivity contribution in [2.45, 2.75) is 0 Å². The molecule has 0 atom stereocenters. The normalized spacial score (nSPS) is 11.1. The number of nitrogens with two attached hydrogens (primary N) is 1. The van der Waals surface area contributed by atoms with Crippen LogP contribution in [0.3, 0.4) is 0 Å². The largest absolute Gasteiger partial charge is 0.367 e. The first-order valence-electron chi connectivity index (χ1n) is 4.60. The fourth-order valence-electron chi connectivity index (χ4n) is 1.56. The average Bonchev–Trinajstić information content (AvgIpc) is 2.83. The molecular weight excluding hydrogens is 227 g/mol. The Balaban J connectivity index is 2.18. The van der Waals surface area contributed by atoms with Crippen molar-refractivity contribution in [3.05, 3.63) is 30.1 Å². The monoisotopic (exact) mass is 234 g/mol. The van der Waals surface area contributed by atoms with E-state index in [2.05, 4.69) is 14.3 Å². The maximum atomic E-state index is 13.0. The van der Waals surface area contributed by atoms with Crippen molar-refractivity contribution in [3.8, 4) is 10.7 Å². The van der Waals surface area contributed by atoms with Crippen LogP contribution in [0.1, 0.15) is 0 Å². The highest BCUT2D eigenvalue weighted by Crippen LogP contribution is 2.26. The van der Waals surface area contributed by atoms with Gasteiger partial charge in [-0.1, -0.05) is 0 Å². The third-order valence-electron chi connectivity index (χ3n) is 2.26. The van der Waals surface area contributed by atoms with Crippen molar-refractivity contribution >= 4 is 28.4 Å². The molecule has 1 aromatic carbocycles. The van der Waals surface area contributed by atoms with Crippen LogP contribution in [0.4, 0.5) is 10.3 Å². The van der Waals surface area contributed by atoms with Crippen LogP contribution >= 0.6 is 11.5 Å². The third-order valence-corrected chi connectivity index (χ3v) is 3.02. The molecule has 0 aliphatic heterocycles. The van der Waals surface area contributed by atoms with Gasteiger partial charge in [0.25, 0.3) is 0 Å². The molecule has 0 aliphatic carbocycles. The van der Waals surface area contributed by atoms with Crippen LogP contribution in [0, 0.1) is 5.82 Å². The Bertz CT molecular complexity index is 658. The van der Waals surface area contributed by atoms with Crippen LogP contribution in [0.25, 0.3) is 21.6 Å². The fourth-order valence-corrected chi connectivity index (χ4v) is 2.12. The zero-order chi connectivity index (χ0) is 11.1. The second-order valence-electron chi connectivity index (χ2n) is 3.37. The van der Waals surface area contributed by atoms with E-state index in [-0.39, 0.29) is 11.8 Å². The molecule has 0 radical (unpaired) electrons. The summed E-state index contributed by atoms with van der Waals surface area (Å²) in [6.07, 6.45) is 0. The number of hydrogen-bond donors (Lipinski definition) is 2. The fraction of sp³-hybridized carbons (Fsp3) is 0. The van der Waals surface area contributed by atoms with Gasteiger partial charge in [-0.05, 0) is 35.8 Å². The first kappa shape index (κ1) is 9.29. The molecule has 16 heavy (non-hydrogen) atoms. The first-order valence-corrected chi connectivity index (χ1v) is 5.37. The number of H-pyrrole nitrogens is 1. The van der Waals surface area contributed by atoms with Crippen molar-refractivity contribution < 1.29 is 4.39 Å². The Kier molecular flexibility index (Phi) is 1.90. The Hall–Kier alpha value is -1.95. The van der Waals surface area contributed by atoms with Crippen molar-refractivity contribution in [2.24, 2.45) is 0 Å². The summed E-state index contributed by atoms with van der Waals surface area (Å²) in [5, 5.41) is 1.64. The van der Waals surface area contributed by atoms with E-state index in [0.29, 0.717) is 5.01 Å². The maximum Gasteiger partial charge on any atom is 0.232 e. The highest BCUT2D eigenvalue weighted by Gasteiger charge is 2.08. The first-order chi connectivity index (χ1) is 7.72. The number of nitrogens with zero attached hydrogens (tertiary/aromatic N) is 2. The van der Waals surface area contributed by atoms with Crippen molar-refractivity contribution in [1.82, 2.24) is 14.3 Å². The predicted molar refractivity (Wildman–Crippen MR) is 61.6 cm³/mol. The van der Waals surface area contributed by atoms with Crippen LogP contribution in [0.15, 0.2) is 24.3 Å². The minimum absolute atomic E-state index is 0.254. The molecule has 3 N–H and O–H groups in total. The van der Waals surface area contributed by atoms with E-state index in [9.17, 15) is 4.39 Å². The summed E-state index contributed by atoms with van der Waals surface area (Å²) < 4.78 is 16.9. The molecule has 0 unspecified atom stereocenters. The van der Waals surface area contributed by atoms with Gasteiger partial charge in [-0.25, -0.2) is 4.39 Å². The number of aromatic amines is 1. The highest BCUT2D eigenvalue weighted by atomic mass is 32.1. The lowest BCUT2D eigenvalue weighted by Crippen LogP contribution is -1.85. The Morgan fingerprint density at radius 3 is 2.94 bits per heavy atom. The molecule has 2 heterocycles. The minimum atomic E-state index is -0.266. The van der Waals surface area contributed by atoms with E-state index in [1.54, 1.807) is 6.07 Å². The molecule has 0 amide bonds. The molecule has 0 fully saturated rings. The molecule has 0 spiro atoms. The van der Waals surface area contributed by atoms with Crippen molar-refractivity contribution in [2.75, 3.05) is 5.73 Å². The number of rotatable bonds is 1. The second kappa shape index (κ2) is 3.28. The number of aromatic nitrogens is 3. The number of benzene rings is 1. The van der Waals surface area contributed by atoms with E-state index >= 15 is 0 Å². The lowest BCUT2D eigenvalue weighted by Gasteiger charge is -1.88. The van der Waals surface area contributed by atoms with Crippen molar-refractivity contribution in [1.29, 1.82) is 0 Å². The Morgan fingerprint density at radius 2 is 2.19 bits per heavy atom. The van der Waals surface area contributed by atoms with Gasteiger partial charge in [0.2, 0.25) is 5.95 Å². The summed E-state index contributed by atoms with van der Waals surface area (Å²) >= 11 is 1.21. The van der Waals surface area contributed by atoms with Gasteiger partial charge in [0.1, 0.15) is 5.82 Å². The molecule has 0 aliphatic rings. The lowest BCUT2D eigenvalue weighted by molar-refractivity contribution is 0.629. The number of fused-ring (bicyclic) bond motifs is 1. The van der Waals surface area contributed by atoms with Crippen LogP contribution in [0.2, 0.25) is 0 Å². The molecule has 80 valence electrons. The number of halogens is 1. The quantitative estimate of drug-likeness (QED) is 0.679. The number of nitrogen functional groups attached to an aromatic ring is 1. The summed E-state index contributed by atoms with van der Waals surface area (Å²) in [7, 11) is 0. The Morgan fingerprint density at radius 1 is 1.31 bits per heavy atom. The molecule has 3 rings (SSSR count). The standard InChI is InChI=1S/C10H7FN4S/c11-6-2-1-5-3-8(13-7(5)4-6)9-14-10(12)15-16-9/h1-4,13H,(H2,12,15). The van der Waals surface area contributed by atoms with Gasteiger partial charge in [0.15, 0.2) is 5.01 Å². The predicted octanol–water partition coefficient (Wildman–Crippen LogP) is 2.41. The van der Waals surface area contributed by atoms with E-state index in [4.69, 9.17) is 5.73 Å². The van der Waals surface area contributed by atoms with E-state index in [1.807, 2.05) is 6.07 Å². The molecular formula is C10H7FN4S. The van der Waals surface area contributed by atoms with Gasteiger partial charge in [-0.15, -0.1) is 0 Å². The molecule has 0 saturated carbocycles. The smallest absolute Gasteiger partial charge is 0.232 e. The van der Waals surface area contributed by atoms with Crippen molar-refractivity contribution in [3.63, 3.8) is 0 Å². The second-order valence-corrected chi connectivity index (χ2v) is 4.12. The van der Waals surface area contributed by atoms with Gasteiger partial charge in [-0.2, -0.15) is 9.36 Å². The summed E-state index contributed by atoms with van der Waals surface area (Å²) in [6, 6.07) is 6.49. The molecule has 3 aromatic rings. The summed E-state index contributed by atoms with van der Waals surface area (Å²) in [4.78, 5) is 7.14. The van der Waals surface area contributed by atoms with E-state index < -0.39 is 0 Å². The summed E-state index contributed by atoms with van der Waals surface area (Å²) in [6.45, 7) is 0. The summed E-state index contributed by atoms with van der Waals surface area (Å²) in [5.41, 5.74) is 6.99. The Labute approximate surface area is 94.1 Å². The van der Waals surface area contributed by atoms with E-state index in [1.165, 1.54) is 23.7 Å². The minimum Gasteiger partial charge on any atom is -0.367 e. The zero-order valence-corrected chi connectivity index (χ0v) is 8.88. The van der Waals surface area contributed by atoms with Gasteiger partial charge in [0.05, 0.1) is 5.69 Å². The van der Waals surface area contributed by atoms with Crippen LogP contribution in [-0.2, 0) is 0 Å². The topological polar surface area (TPSA) is 67.6 Å². The number of nitrogens with one attached hydrogen (secondary N) is 1. The van der Waals surface area contributed by atoms with E-state index in [0.717, 1.165) is 16.6 Å². The SMILES string of the molecule is Nc1nsc(-c2cc3ccc(F)cc3[nH]2)n1. The number of anilines is 1. The lowest BCUT2D eigenvalue weighted by atomic mass is 10.2. The zero-order valence-electron chi connectivity index (χ0n) is 8.07. The van der Waals surface area contributed by atoms with Crippen LogP contribution in [0.5, 0.6) is 0 Å². The highest BCUT2D eigenvalue weighted by molar-refractivity contribution is 7.09. The van der Waals surface area contributed by atoms with Gasteiger partial charge < -0.3 is 10.7 Å². The van der Waals surface area contributed by atoms with Gasteiger partial charge >= 0.3 is 0 Å². The molecule has 0 saturated heterocycles. The van der Waals surface area contributed by atoms with Gasteiger partial charge in [0, 0.05) is 10.9 Å². The molecule has 4 nitrogen and oxygen atoms in total.